The Morgan fingerprint density at radius 3 is 3.00 bits per heavy atom. The van der Waals surface area contributed by atoms with Gasteiger partial charge in [-0.25, -0.2) is 0 Å². The highest BCUT2D eigenvalue weighted by molar-refractivity contribution is 7.80. The monoisotopic (exact) mass is 264 g/mol. The van der Waals surface area contributed by atoms with Crippen LogP contribution in [-0.2, 0) is 4.79 Å². The molecule has 3 N–H and O–H groups in total. The number of amides is 1. The van der Waals surface area contributed by atoms with E-state index in [1.807, 2.05) is 18.7 Å². The summed E-state index contributed by atoms with van der Waals surface area (Å²) in [6, 6.07) is 1.78. The summed E-state index contributed by atoms with van der Waals surface area (Å²) in [5.74, 6) is -0.00788. The van der Waals surface area contributed by atoms with Crippen molar-refractivity contribution >= 4 is 28.8 Å². The summed E-state index contributed by atoms with van der Waals surface area (Å²) in [4.78, 5) is 18.4. The van der Waals surface area contributed by atoms with Crippen LogP contribution in [0.15, 0.2) is 18.5 Å². The van der Waals surface area contributed by atoms with Gasteiger partial charge in [-0.15, -0.1) is 0 Å². The molecule has 0 spiro atoms. The molecule has 18 heavy (non-hydrogen) atoms. The smallest absolute Gasteiger partial charge is 0.245 e. The zero-order valence-corrected chi connectivity index (χ0v) is 11.3. The van der Waals surface area contributed by atoms with Crippen molar-refractivity contribution in [3.05, 3.63) is 24.0 Å². The van der Waals surface area contributed by atoms with Gasteiger partial charge in [-0.05, 0) is 19.9 Å². The van der Waals surface area contributed by atoms with Gasteiger partial charge in [-0.3, -0.25) is 9.78 Å². The number of aromatic nitrogens is 1. The Hall–Kier alpha value is -1.69. The van der Waals surface area contributed by atoms with Crippen LogP contribution in [0.4, 0.5) is 5.69 Å². The van der Waals surface area contributed by atoms with Crippen LogP contribution < -0.4 is 16.0 Å². The van der Waals surface area contributed by atoms with Crippen molar-refractivity contribution in [1.82, 2.24) is 10.3 Å². The maximum absolute atomic E-state index is 11.9. The van der Waals surface area contributed by atoms with E-state index in [-0.39, 0.29) is 5.91 Å². The Kier molecular flexibility index (Phi) is 3.21. The summed E-state index contributed by atoms with van der Waals surface area (Å²) in [6.45, 7) is 5.06. The third-order valence-electron chi connectivity index (χ3n) is 3.21. The number of hydrogen-bond donors (Lipinski definition) is 2. The molecular formula is C12H16N4OS. The van der Waals surface area contributed by atoms with E-state index in [9.17, 15) is 4.79 Å². The first-order chi connectivity index (χ1) is 8.44. The minimum absolute atomic E-state index is 0.00788. The van der Waals surface area contributed by atoms with Crippen LogP contribution in [0.1, 0.15) is 19.4 Å². The van der Waals surface area contributed by atoms with Gasteiger partial charge >= 0.3 is 0 Å². The van der Waals surface area contributed by atoms with Gasteiger partial charge in [-0.2, -0.15) is 0 Å². The highest BCUT2D eigenvalue weighted by atomic mass is 32.1. The Balaban J connectivity index is 2.48. The topological polar surface area (TPSA) is 71.2 Å². The van der Waals surface area contributed by atoms with E-state index in [0.29, 0.717) is 18.1 Å². The van der Waals surface area contributed by atoms with Crippen LogP contribution in [-0.4, -0.2) is 34.5 Å². The molecule has 6 heteroatoms. The number of carbonyl (C=O) groups excluding carboxylic acids is 1. The fraction of sp³-hybridized carbons (Fsp3) is 0.417. The molecule has 0 aromatic carbocycles. The predicted octanol–water partition coefficient (Wildman–Crippen LogP) is 0.431. The van der Waals surface area contributed by atoms with Crippen LogP contribution in [0.25, 0.3) is 0 Å². The SMILES string of the molecule is CC1(C)C(=O)NCCN1c1cnccc1C(N)=S. The maximum atomic E-state index is 11.9. The first kappa shape index (κ1) is 12.8. The minimum atomic E-state index is -0.638. The predicted molar refractivity (Wildman–Crippen MR) is 74.6 cm³/mol. The van der Waals surface area contributed by atoms with Gasteiger partial charge in [0.25, 0.3) is 0 Å². The Bertz CT molecular complexity index is 501. The summed E-state index contributed by atoms with van der Waals surface area (Å²) >= 11 is 5.05. The molecule has 1 aromatic heterocycles. The number of nitrogens with zero attached hydrogens (tertiary/aromatic N) is 2. The average molecular weight is 264 g/mol. The number of anilines is 1. The first-order valence-electron chi connectivity index (χ1n) is 5.74. The number of hydrogen-bond acceptors (Lipinski definition) is 4. The molecule has 2 rings (SSSR count). The highest BCUT2D eigenvalue weighted by Gasteiger charge is 2.38. The second-order valence-corrected chi connectivity index (χ2v) is 5.16. The van der Waals surface area contributed by atoms with Crippen molar-refractivity contribution in [3.63, 3.8) is 0 Å². The number of piperazine rings is 1. The summed E-state index contributed by atoms with van der Waals surface area (Å²) in [5.41, 5.74) is 6.65. The van der Waals surface area contributed by atoms with Gasteiger partial charge in [0.15, 0.2) is 0 Å². The average Bonchev–Trinajstić information content (AvgIpc) is 2.32. The molecular weight excluding hydrogens is 248 g/mol. The van der Waals surface area contributed by atoms with E-state index < -0.39 is 5.54 Å². The van der Waals surface area contributed by atoms with E-state index in [2.05, 4.69) is 10.3 Å². The van der Waals surface area contributed by atoms with Crippen molar-refractivity contribution < 1.29 is 4.79 Å². The van der Waals surface area contributed by atoms with Gasteiger partial charge < -0.3 is 16.0 Å². The van der Waals surface area contributed by atoms with E-state index in [4.69, 9.17) is 18.0 Å². The lowest BCUT2D eigenvalue weighted by Crippen LogP contribution is -2.62. The summed E-state index contributed by atoms with van der Waals surface area (Å²) < 4.78 is 0. The molecule has 0 saturated carbocycles. The standard InChI is InChI=1S/C12H16N4OS/c1-12(2)11(17)15-5-6-16(12)9-7-14-4-3-8(9)10(13)18/h3-4,7H,5-6H2,1-2H3,(H2,13,18)(H,15,17). The van der Waals surface area contributed by atoms with E-state index in [1.165, 1.54) is 0 Å². The second kappa shape index (κ2) is 4.53. The maximum Gasteiger partial charge on any atom is 0.245 e. The fourth-order valence-electron chi connectivity index (χ4n) is 2.13. The molecule has 1 fully saturated rings. The third-order valence-corrected chi connectivity index (χ3v) is 3.43. The normalized spacial score (nSPS) is 18.3. The van der Waals surface area contributed by atoms with Crippen molar-refractivity contribution in [2.45, 2.75) is 19.4 Å². The number of rotatable bonds is 2. The van der Waals surface area contributed by atoms with Crippen LogP contribution in [0, 0.1) is 0 Å². The molecule has 1 aliphatic rings. The van der Waals surface area contributed by atoms with E-state index >= 15 is 0 Å². The van der Waals surface area contributed by atoms with Crippen molar-refractivity contribution in [1.29, 1.82) is 0 Å². The van der Waals surface area contributed by atoms with E-state index in [1.54, 1.807) is 18.5 Å². The van der Waals surface area contributed by atoms with Gasteiger partial charge in [0.05, 0.1) is 11.9 Å². The number of nitrogens with one attached hydrogen (secondary N) is 1. The lowest BCUT2D eigenvalue weighted by atomic mass is 9.97. The molecule has 0 bridgehead atoms. The summed E-state index contributed by atoms with van der Waals surface area (Å²) in [7, 11) is 0. The molecule has 96 valence electrons. The third kappa shape index (κ3) is 2.03. The van der Waals surface area contributed by atoms with Gasteiger partial charge in [0.2, 0.25) is 5.91 Å². The minimum Gasteiger partial charge on any atom is -0.389 e. The van der Waals surface area contributed by atoms with Gasteiger partial charge in [0.1, 0.15) is 10.5 Å². The van der Waals surface area contributed by atoms with Crippen molar-refractivity contribution in [3.8, 4) is 0 Å². The lowest BCUT2D eigenvalue weighted by Gasteiger charge is -2.43. The first-order valence-corrected chi connectivity index (χ1v) is 6.15. The number of thiocarbonyl (C=S) groups is 1. The zero-order valence-electron chi connectivity index (χ0n) is 10.4. The van der Waals surface area contributed by atoms with E-state index in [0.717, 1.165) is 11.3 Å². The molecule has 1 aliphatic heterocycles. The van der Waals surface area contributed by atoms with Gasteiger partial charge in [0, 0.05) is 24.8 Å². The highest BCUT2D eigenvalue weighted by Crippen LogP contribution is 2.28. The Morgan fingerprint density at radius 1 is 1.61 bits per heavy atom. The number of carbonyl (C=O) groups is 1. The lowest BCUT2D eigenvalue weighted by molar-refractivity contribution is -0.126. The number of pyridine rings is 1. The fourth-order valence-corrected chi connectivity index (χ4v) is 2.30. The second-order valence-electron chi connectivity index (χ2n) is 4.72. The summed E-state index contributed by atoms with van der Waals surface area (Å²) in [6.07, 6.45) is 3.35. The Morgan fingerprint density at radius 2 is 2.33 bits per heavy atom. The molecule has 1 amide bonds. The molecule has 1 aromatic rings. The largest absolute Gasteiger partial charge is 0.389 e. The summed E-state index contributed by atoms with van der Waals surface area (Å²) in [5, 5.41) is 2.86. The van der Waals surface area contributed by atoms with Crippen LogP contribution in [0.2, 0.25) is 0 Å². The zero-order chi connectivity index (χ0) is 13.3. The molecule has 2 heterocycles. The number of nitrogens with two attached hydrogens (primary N) is 1. The van der Waals surface area contributed by atoms with Crippen LogP contribution >= 0.6 is 12.2 Å². The molecule has 5 nitrogen and oxygen atoms in total. The molecule has 0 aliphatic carbocycles. The Labute approximate surface area is 111 Å². The van der Waals surface area contributed by atoms with Gasteiger partial charge in [-0.1, -0.05) is 12.2 Å². The quantitative estimate of drug-likeness (QED) is 0.758. The molecule has 0 unspecified atom stereocenters. The van der Waals surface area contributed by atoms with Crippen molar-refractivity contribution in [2.75, 3.05) is 18.0 Å². The molecule has 0 radical (unpaired) electrons. The molecule has 0 atom stereocenters. The van der Waals surface area contributed by atoms with Crippen molar-refractivity contribution in [2.24, 2.45) is 5.73 Å². The van der Waals surface area contributed by atoms with Crippen LogP contribution in [0.3, 0.4) is 0 Å². The van der Waals surface area contributed by atoms with Crippen LogP contribution in [0.5, 0.6) is 0 Å². The molecule has 1 saturated heterocycles.